The van der Waals surface area contributed by atoms with Gasteiger partial charge in [0.2, 0.25) is 5.95 Å². The highest BCUT2D eigenvalue weighted by molar-refractivity contribution is 5.87. The normalized spacial score (nSPS) is 9.97. The van der Waals surface area contributed by atoms with Gasteiger partial charge in [0.25, 0.3) is 5.56 Å². The SMILES string of the molecule is C=CC(=C)OCCOC(=O)NCCCCCCNC(=O)Nc1nc(C)cc(=O)[nH]1. The maximum atomic E-state index is 11.7. The third-order valence-corrected chi connectivity index (χ3v) is 3.59. The first-order valence-electron chi connectivity index (χ1n) is 9.38. The molecule has 10 nitrogen and oxygen atoms in total. The van der Waals surface area contributed by atoms with E-state index in [1.54, 1.807) is 6.92 Å². The van der Waals surface area contributed by atoms with Gasteiger partial charge in [-0.15, -0.1) is 0 Å². The summed E-state index contributed by atoms with van der Waals surface area (Å²) in [6.07, 6.45) is 4.39. The Morgan fingerprint density at radius 3 is 2.45 bits per heavy atom. The van der Waals surface area contributed by atoms with Crippen LogP contribution in [0, 0.1) is 6.92 Å². The van der Waals surface area contributed by atoms with Crippen LogP contribution in [0.2, 0.25) is 0 Å². The van der Waals surface area contributed by atoms with E-state index in [2.05, 4.69) is 39.1 Å². The number of allylic oxidation sites excluding steroid dienone is 1. The Labute approximate surface area is 169 Å². The lowest BCUT2D eigenvalue weighted by Crippen LogP contribution is -2.31. The summed E-state index contributed by atoms with van der Waals surface area (Å²) >= 11 is 0. The van der Waals surface area contributed by atoms with Gasteiger partial charge in [0.05, 0.1) is 0 Å². The number of hydrogen-bond donors (Lipinski definition) is 4. The molecule has 29 heavy (non-hydrogen) atoms. The number of anilines is 1. The zero-order chi connectivity index (χ0) is 21.5. The number of unbranched alkanes of at least 4 members (excludes halogenated alkanes) is 3. The van der Waals surface area contributed by atoms with Crippen LogP contribution >= 0.6 is 0 Å². The molecule has 0 fully saturated rings. The molecule has 3 amide bonds. The minimum atomic E-state index is -0.487. The molecular weight excluding hydrogens is 378 g/mol. The third kappa shape index (κ3) is 11.9. The van der Waals surface area contributed by atoms with E-state index in [0.29, 0.717) is 24.5 Å². The van der Waals surface area contributed by atoms with E-state index in [4.69, 9.17) is 9.47 Å². The molecular formula is C19H29N5O5. The van der Waals surface area contributed by atoms with Crippen molar-refractivity contribution in [1.29, 1.82) is 0 Å². The maximum absolute atomic E-state index is 11.7. The summed E-state index contributed by atoms with van der Waals surface area (Å²) in [4.78, 5) is 41.0. The average Bonchev–Trinajstić information content (AvgIpc) is 2.66. The summed E-state index contributed by atoms with van der Waals surface area (Å²) in [5.41, 5.74) is 0.200. The van der Waals surface area contributed by atoms with Gasteiger partial charge in [0, 0.05) is 24.8 Å². The van der Waals surface area contributed by atoms with E-state index >= 15 is 0 Å². The number of nitrogens with zero attached hydrogens (tertiary/aromatic N) is 1. The van der Waals surface area contributed by atoms with E-state index in [0.717, 1.165) is 25.7 Å². The third-order valence-electron chi connectivity index (χ3n) is 3.59. The highest BCUT2D eigenvalue weighted by Crippen LogP contribution is 1.99. The zero-order valence-electron chi connectivity index (χ0n) is 16.7. The highest BCUT2D eigenvalue weighted by Gasteiger charge is 2.04. The molecule has 0 saturated heterocycles. The van der Waals surface area contributed by atoms with Crippen LogP contribution in [-0.4, -0.2) is 48.4 Å². The first kappa shape index (κ1) is 23.7. The van der Waals surface area contributed by atoms with Crippen LogP contribution in [0.1, 0.15) is 31.4 Å². The van der Waals surface area contributed by atoms with Gasteiger partial charge in [-0.1, -0.05) is 26.0 Å². The van der Waals surface area contributed by atoms with Crippen molar-refractivity contribution in [2.24, 2.45) is 0 Å². The van der Waals surface area contributed by atoms with Crippen LogP contribution in [0.5, 0.6) is 0 Å². The molecule has 0 atom stereocenters. The van der Waals surface area contributed by atoms with Gasteiger partial charge in [-0.05, 0) is 25.8 Å². The predicted octanol–water partition coefficient (Wildman–Crippen LogP) is 2.20. The minimum absolute atomic E-state index is 0.114. The van der Waals surface area contributed by atoms with Crippen LogP contribution in [0.4, 0.5) is 15.5 Å². The molecule has 0 spiro atoms. The van der Waals surface area contributed by atoms with E-state index in [1.165, 1.54) is 12.1 Å². The smallest absolute Gasteiger partial charge is 0.407 e. The number of aromatic amines is 1. The molecule has 0 unspecified atom stereocenters. The molecule has 0 bridgehead atoms. The number of ether oxygens (including phenoxy) is 2. The van der Waals surface area contributed by atoms with Crippen LogP contribution in [-0.2, 0) is 9.47 Å². The fourth-order valence-electron chi connectivity index (χ4n) is 2.20. The summed E-state index contributed by atoms with van der Waals surface area (Å²) < 4.78 is 10.1. The molecule has 4 N–H and O–H groups in total. The van der Waals surface area contributed by atoms with Gasteiger partial charge in [-0.25, -0.2) is 14.6 Å². The number of carbonyl (C=O) groups excluding carboxylic acids is 2. The molecule has 160 valence electrons. The molecule has 0 radical (unpaired) electrons. The summed E-state index contributed by atoms with van der Waals surface area (Å²) in [5.74, 6) is 0.547. The molecule has 10 heteroatoms. The van der Waals surface area contributed by atoms with Gasteiger partial charge in [0.1, 0.15) is 19.0 Å². The highest BCUT2D eigenvalue weighted by atomic mass is 16.6. The Morgan fingerprint density at radius 1 is 1.14 bits per heavy atom. The number of urea groups is 1. The van der Waals surface area contributed by atoms with Crippen LogP contribution in [0.25, 0.3) is 0 Å². The number of aromatic nitrogens is 2. The van der Waals surface area contributed by atoms with Crippen molar-refractivity contribution >= 4 is 18.1 Å². The number of aryl methyl sites for hydroxylation is 1. The second-order valence-corrected chi connectivity index (χ2v) is 6.11. The van der Waals surface area contributed by atoms with Gasteiger partial charge in [-0.2, -0.15) is 0 Å². The number of amides is 3. The number of H-pyrrole nitrogens is 1. The first-order valence-corrected chi connectivity index (χ1v) is 9.38. The lowest BCUT2D eigenvalue weighted by molar-refractivity contribution is 0.107. The molecule has 0 aliphatic rings. The topological polar surface area (TPSA) is 134 Å². The number of rotatable bonds is 13. The lowest BCUT2D eigenvalue weighted by atomic mass is 10.2. The summed E-state index contributed by atoms with van der Waals surface area (Å²) in [7, 11) is 0. The van der Waals surface area contributed by atoms with E-state index in [9.17, 15) is 14.4 Å². The van der Waals surface area contributed by atoms with Crippen LogP contribution < -0.4 is 21.5 Å². The van der Waals surface area contributed by atoms with Crippen molar-refractivity contribution in [2.45, 2.75) is 32.6 Å². The van der Waals surface area contributed by atoms with E-state index < -0.39 is 12.1 Å². The first-order chi connectivity index (χ1) is 13.9. The predicted molar refractivity (Wildman–Crippen MR) is 110 cm³/mol. The van der Waals surface area contributed by atoms with Crippen molar-refractivity contribution in [3.63, 3.8) is 0 Å². The summed E-state index contributed by atoms with van der Waals surface area (Å²) in [6.45, 7) is 10.1. The minimum Gasteiger partial charge on any atom is -0.491 e. The fraction of sp³-hybridized carbons (Fsp3) is 0.474. The largest absolute Gasteiger partial charge is 0.491 e. The fourth-order valence-corrected chi connectivity index (χ4v) is 2.20. The molecule has 1 aromatic heterocycles. The second kappa shape index (κ2) is 13.8. The molecule has 0 aromatic carbocycles. The van der Waals surface area contributed by atoms with Gasteiger partial charge in [-0.3, -0.25) is 15.1 Å². The molecule has 1 aromatic rings. The molecule has 1 heterocycles. The molecule has 0 aliphatic carbocycles. The van der Waals surface area contributed by atoms with Crippen molar-refractivity contribution in [1.82, 2.24) is 20.6 Å². The molecule has 1 rings (SSSR count). The Balaban J connectivity index is 1.98. The number of nitrogens with one attached hydrogen (secondary N) is 4. The number of carbonyl (C=O) groups is 2. The van der Waals surface area contributed by atoms with Crippen molar-refractivity contribution in [3.8, 4) is 0 Å². The Bertz CT molecular complexity index is 747. The molecule has 0 aliphatic heterocycles. The van der Waals surface area contributed by atoms with Crippen molar-refractivity contribution in [2.75, 3.05) is 31.6 Å². The van der Waals surface area contributed by atoms with Gasteiger partial charge >= 0.3 is 12.1 Å². The van der Waals surface area contributed by atoms with Gasteiger partial charge < -0.3 is 20.1 Å². The second-order valence-electron chi connectivity index (χ2n) is 6.11. The Morgan fingerprint density at radius 2 is 1.79 bits per heavy atom. The monoisotopic (exact) mass is 407 g/mol. The number of alkyl carbamates (subject to hydrolysis) is 1. The Kier molecular flexibility index (Phi) is 11.3. The van der Waals surface area contributed by atoms with Crippen LogP contribution in [0.15, 0.2) is 35.9 Å². The summed E-state index contributed by atoms with van der Waals surface area (Å²) in [5, 5.41) is 7.83. The summed E-state index contributed by atoms with van der Waals surface area (Å²) in [6, 6.07) is 0.914. The van der Waals surface area contributed by atoms with Crippen molar-refractivity contribution in [3.05, 3.63) is 47.1 Å². The van der Waals surface area contributed by atoms with Crippen molar-refractivity contribution < 1.29 is 19.1 Å². The van der Waals surface area contributed by atoms with E-state index in [-0.39, 0.29) is 24.7 Å². The number of hydrogen-bond acceptors (Lipinski definition) is 6. The molecule has 0 saturated carbocycles. The Hall–Kier alpha value is -3.30. The standard InChI is InChI=1S/C19H29N5O5/c1-4-15(3)28-11-12-29-19(27)21-10-8-6-5-7-9-20-18(26)24-17-22-14(2)13-16(25)23-17/h4,13H,1,3,5-12H2,2H3,(H,21,27)(H3,20,22,23,24,25,26). The zero-order valence-corrected chi connectivity index (χ0v) is 16.7. The average molecular weight is 407 g/mol. The van der Waals surface area contributed by atoms with E-state index in [1.807, 2.05) is 0 Å². The quantitative estimate of drug-likeness (QED) is 0.225. The lowest BCUT2D eigenvalue weighted by Gasteiger charge is -2.09. The van der Waals surface area contributed by atoms with Crippen LogP contribution in [0.3, 0.4) is 0 Å². The maximum Gasteiger partial charge on any atom is 0.407 e. The van der Waals surface area contributed by atoms with Gasteiger partial charge in [0.15, 0.2) is 0 Å².